The molecule has 0 aromatic heterocycles. The van der Waals surface area contributed by atoms with Gasteiger partial charge in [0.1, 0.15) is 6.10 Å². The van der Waals surface area contributed by atoms with Crippen molar-refractivity contribution in [3.05, 3.63) is 60.8 Å². The van der Waals surface area contributed by atoms with Gasteiger partial charge >= 0.3 is 5.97 Å². The summed E-state index contributed by atoms with van der Waals surface area (Å²) in [7, 11) is 0. The van der Waals surface area contributed by atoms with Crippen LogP contribution in [0, 0.1) is 0 Å². The van der Waals surface area contributed by atoms with Gasteiger partial charge in [-0.2, -0.15) is 0 Å². The minimum atomic E-state index is -0.801. The van der Waals surface area contributed by atoms with Gasteiger partial charge in [0.25, 0.3) is 0 Å². The van der Waals surface area contributed by atoms with Crippen LogP contribution < -0.4 is 5.32 Å². The minimum Gasteiger partial charge on any atom is -0.462 e. The molecule has 6 heteroatoms. The molecular formula is C58H105NO5. The molecule has 0 saturated heterocycles. The fraction of sp³-hybridized carbons (Fsp3) is 0.793. The summed E-state index contributed by atoms with van der Waals surface area (Å²) in [6, 6.07) is -0.717. The van der Waals surface area contributed by atoms with Crippen LogP contribution in [0.2, 0.25) is 0 Å². The number of ether oxygens (including phenoxy) is 1. The second-order valence-electron chi connectivity index (χ2n) is 18.6. The van der Waals surface area contributed by atoms with Crippen LogP contribution in [0.1, 0.15) is 271 Å². The Morgan fingerprint density at radius 2 is 0.844 bits per heavy atom. The van der Waals surface area contributed by atoms with Gasteiger partial charge in [0.2, 0.25) is 5.91 Å². The number of carbonyl (C=O) groups is 2. The van der Waals surface area contributed by atoms with Crippen LogP contribution in [-0.2, 0) is 14.3 Å². The molecule has 1 amide bonds. The van der Waals surface area contributed by atoms with E-state index in [1.54, 1.807) is 0 Å². The SMILES string of the molecule is CC/C=C/C/C=C/CCCCCCCCCC(=O)OC(CCCC/C=C\C/C=C\C/C=C\CCCCC)CC(=O)NC(CO)C(O)CCCCCCCCCCCCCCCCCC. The van der Waals surface area contributed by atoms with Crippen molar-refractivity contribution in [1.29, 1.82) is 0 Å². The standard InChI is InChI=1S/C58H105NO5/c1-4-7-10-13-16-19-22-25-28-30-32-35-38-41-44-47-50-56(61)55(53-60)59-57(62)52-54(49-46-43-40-37-34-31-29-26-23-20-17-14-11-8-5-2)64-58(63)51-48-45-42-39-36-33-27-24-21-18-15-12-9-6-3/h9,12,17-18,20-21,26,29,34,37,54-56,60-61H,4-8,10-11,13-16,19,22-25,27-28,30-33,35-36,38-53H2,1-3H3,(H,59,62)/b12-9+,20-17-,21-18+,29-26-,37-34-. The van der Waals surface area contributed by atoms with Gasteiger partial charge in [-0.3, -0.25) is 9.59 Å². The molecular weight excluding hydrogens is 791 g/mol. The van der Waals surface area contributed by atoms with Crippen LogP contribution in [0.25, 0.3) is 0 Å². The summed E-state index contributed by atoms with van der Waals surface area (Å²) in [6.07, 6.45) is 64.2. The number of unbranched alkanes of at least 4 members (excludes halogenated alkanes) is 27. The summed E-state index contributed by atoms with van der Waals surface area (Å²) in [5, 5.41) is 23.8. The first-order valence-corrected chi connectivity index (χ1v) is 27.5. The maximum absolute atomic E-state index is 13.2. The first kappa shape index (κ1) is 61.6. The molecule has 0 aliphatic heterocycles. The summed E-state index contributed by atoms with van der Waals surface area (Å²) >= 11 is 0. The highest BCUT2D eigenvalue weighted by atomic mass is 16.5. The van der Waals surface area contributed by atoms with Crippen molar-refractivity contribution in [3.8, 4) is 0 Å². The zero-order chi connectivity index (χ0) is 46.7. The largest absolute Gasteiger partial charge is 0.462 e. The Hall–Kier alpha value is -2.44. The van der Waals surface area contributed by atoms with E-state index in [0.717, 1.165) is 89.9 Å². The van der Waals surface area contributed by atoms with Gasteiger partial charge < -0.3 is 20.3 Å². The molecule has 0 aromatic carbocycles. The van der Waals surface area contributed by atoms with E-state index in [-0.39, 0.29) is 24.9 Å². The molecule has 0 heterocycles. The van der Waals surface area contributed by atoms with Gasteiger partial charge in [-0.15, -0.1) is 0 Å². The Labute approximate surface area is 397 Å². The molecule has 3 unspecified atom stereocenters. The topological polar surface area (TPSA) is 95.9 Å². The second kappa shape index (κ2) is 51.5. The van der Waals surface area contributed by atoms with Gasteiger partial charge in [0.05, 0.1) is 25.2 Å². The zero-order valence-electron chi connectivity index (χ0n) is 42.4. The number of aliphatic hydroxyl groups excluding tert-OH is 2. The van der Waals surface area contributed by atoms with Crippen molar-refractivity contribution < 1.29 is 24.5 Å². The molecule has 0 spiro atoms. The molecule has 0 aliphatic rings. The Balaban J connectivity index is 4.61. The summed E-state index contributed by atoms with van der Waals surface area (Å²) in [5.74, 6) is -0.516. The highest BCUT2D eigenvalue weighted by molar-refractivity contribution is 5.77. The van der Waals surface area contributed by atoms with E-state index < -0.39 is 18.2 Å². The molecule has 0 bridgehead atoms. The lowest BCUT2D eigenvalue weighted by molar-refractivity contribution is -0.151. The number of nitrogens with one attached hydrogen (secondary N) is 1. The molecule has 0 rings (SSSR count). The molecule has 3 N–H and O–H groups in total. The maximum Gasteiger partial charge on any atom is 0.306 e. The number of aliphatic hydroxyl groups is 2. The fourth-order valence-electron chi connectivity index (χ4n) is 8.18. The molecule has 0 fully saturated rings. The number of hydrogen-bond acceptors (Lipinski definition) is 5. The normalized spacial score (nSPS) is 13.6. The number of allylic oxidation sites excluding steroid dienone is 10. The Morgan fingerprint density at radius 1 is 0.469 bits per heavy atom. The Morgan fingerprint density at radius 3 is 1.33 bits per heavy atom. The van der Waals surface area contributed by atoms with Crippen LogP contribution in [0.15, 0.2) is 60.8 Å². The van der Waals surface area contributed by atoms with E-state index in [2.05, 4.69) is 86.8 Å². The van der Waals surface area contributed by atoms with Crippen molar-refractivity contribution in [2.75, 3.05) is 6.61 Å². The highest BCUT2D eigenvalue weighted by Crippen LogP contribution is 2.18. The lowest BCUT2D eigenvalue weighted by atomic mass is 10.0. The highest BCUT2D eigenvalue weighted by Gasteiger charge is 2.24. The van der Waals surface area contributed by atoms with Gasteiger partial charge in [0, 0.05) is 6.42 Å². The number of carbonyl (C=O) groups excluding carboxylic acids is 2. The molecule has 0 saturated carbocycles. The molecule has 0 aliphatic carbocycles. The van der Waals surface area contributed by atoms with E-state index >= 15 is 0 Å². The molecule has 6 nitrogen and oxygen atoms in total. The smallest absolute Gasteiger partial charge is 0.306 e. The van der Waals surface area contributed by atoms with Crippen molar-refractivity contribution in [1.82, 2.24) is 5.32 Å². The first-order valence-electron chi connectivity index (χ1n) is 27.5. The number of esters is 1. The van der Waals surface area contributed by atoms with Crippen molar-refractivity contribution in [3.63, 3.8) is 0 Å². The van der Waals surface area contributed by atoms with Crippen LogP contribution in [0.4, 0.5) is 0 Å². The van der Waals surface area contributed by atoms with Crippen molar-refractivity contribution in [2.45, 2.75) is 289 Å². The lowest BCUT2D eigenvalue weighted by Gasteiger charge is -2.24. The predicted octanol–water partition coefficient (Wildman–Crippen LogP) is 16.8. The van der Waals surface area contributed by atoms with E-state index in [9.17, 15) is 19.8 Å². The average molecular weight is 896 g/mol. The summed E-state index contributed by atoms with van der Waals surface area (Å²) in [5.41, 5.74) is 0. The van der Waals surface area contributed by atoms with E-state index in [0.29, 0.717) is 19.3 Å². The molecule has 3 atom stereocenters. The van der Waals surface area contributed by atoms with Crippen LogP contribution in [-0.4, -0.2) is 46.9 Å². The minimum absolute atomic E-state index is 0.0479. The number of amides is 1. The molecule has 64 heavy (non-hydrogen) atoms. The summed E-state index contributed by atoms with van der Waals surface area (Å²) in [4.78, 5) is 26.2. The van der Waals surface area contributed by atoms with Gasteiger partial charge in [0.15, 0.2) is 0 Å². The van der Waals surface area contributed by atoms with Crippen LogP contribution in [0.3, 0.4) is 0 Å². The summed E-state index contributed by atoms with van der Waals surface area (Å²) < 4.78 is 5.92. The third-order valence-electron chi connectivity index (χ3n) is 12.3. The monoisotopic (exact) mass is 896 g/mol. The van der Waals surface area contributed by atoms with Gasteiger partial charge in [-0.1, -0.05) is 229 Å². The van der Waals surface area contributed by atoms with Crippen LogP contribution in [0.5, 0.6) is 0 Å². The molecule has 0 aromatic rings. The number of hydrogen-bond donors (Lipinski definition) is 3. The van der Waals surface area contributed by atoms with E-state index in [1.165, 1.54) is 135 Å². The van der Waals surface area contributed by atoms with Gasteiger partial charge in [-0.25, -0.2) is 0 Å². The quantitative estimate of drug-likeness (QED) is 0.0321. The molecule has 0 radical (unpaired) electrons. The van der Waals surface area contributed by atoms with Crippen LogP contribution >= 0.6 is 0 Å². The predicted molar refractivity (Wildman–Crippen MR) is 278 cm³/mol. The van der Waals surface area contributed by atoms with E-state index in [4.69, 9.17) is 4.74 Å². The maximum atomic E-state index is 13.2. The van der Waals surface area contributed by atoms with Crippen molar-refractivity contribution >= 4 is 11.9 Å². The molecule has 372 valence electrons. The Kier molecular flexibility index (Phi) is 49.6. The Bertz CT molecular complexity index is 1140. The fourth-order valence-corrected chi connectivity index (χ4v) is 8.18. The third-order valence-corrected chi connectivity index (χ3v) is 12.3. The third kappa shape index (κ3) is 46.1. The second-order valence-corrected chi connectivity index (χ2v) is 18.6. The van der Waals surface area contributed by atoms with Gasteiger partial charge in [-0.05, 0) is 89.9 Å². The lowest BCUT2D eigenvalue weighted by Crippen LogP contribution is -2.46. The number of rotatable bonds is 49. The van der Waals surface area contributed by atoms with E-state index in [1.807, 2.05) is 0 Å². The summed E-state index contributed by atoms with van der Waals surface area (Å²) in [6.45, 7) is 6.36. The first-order chi connectivity index (χ1) is 31.5. The average Bonchev–Trinajstić information content (AvgIpc) is 3.29. The van der Waals surface area contributed by atoms with Crippen molar-refractivity contribution in [2.24, 2.45) is 0 Å². The zero-order valence-corrected chi connectivity index (χ0v) is 42.4.